The van der Waals surface area contributed by atoms with Gasteiger partial charge in [0.05, 0.1) is 13.2 Å². The number of fused-ring (bicyclic) bond motifs is 1. The van der Waals surface area contributed by atoms with Crippen LogP contribution in [-0.4, -0.2) is 21.1 Å². The lowest BCUT2D eigenvalue weighted by Crippen LogP contribution is -2.06. The molecule has 0 spiro atoms. The third kappa shape index (κ3) is 4.38. The van der Waals surface area contributed by atoms with Crippen molar-refractivity contribution in [2.75, 3.05) is 6.61 Å². The molecule has 0 bridgehead atoms. The van der Waals surface area contributed by atoms with Crippen molar-refractivity contribution in [3.05, 3.63) is 51.3 Å². The number of halogens is 2. The SMILES string of the molecule is CCCCCOc1ccc(Cn2c(CC)nc3ccc(Br)nc32)c(Cl)c1. The first-order chi connectivity index (χ1) is 12.6. The van der Waals surface area contributed by atoms with E-state index in [0.717, 1.165) is 52.4 Å². The van der Waals surface area contributed by atoms with Crippen molar-refractivity contribution in [2.24, 2.45) is 0 Å². The van der Waals surface area contributed by atoms with Gasteiger partial charge in [0.25, 0.3) is 0 Å². The number of ether oxygens (including phenoxy) is 1. The van der Waals surface area contributed by atoms with E-state index in [1.54, 1.807) is 0 Å². The maximum absolute atomic E-state index is 6.52. The van der Waals surface area contributed by atoms with Crippen molar-refractivity contribution in [1.29, 1.82) is 0 Å². The summed E-state index contributed by atoms with van der Waals surface area (Å²) in [5, 5.41) is 0.705. The highest BCUT2D eigenvalue weighted by Gasteiger charge is 2.13. The van der Waals surface area contributed by atoms with Gasteiger partial charge in [0.2, 0.25) is 0 Å². The number of benzene rings is 1. The molecule has 0 saturated heterocycles. The highest BCUT2D eigenvalue weighted by atomic mass is 79.9. The van der Waals surface area contributed by atoms with Gasteiger partial charge in [0.1, 0.15) is 21.7 Å². The van der Waals surface area contributed by atoms with Crippen LogP contribution in [0.5, 0.6) is 5.75 Å². The molecule has 3 rings (SSSR count). The molecule has 2 heterocycles. The minimum absolute atomic E-state index is 0.637. The predicted octanol–water partition coefficient (Wildman–Crippen LogP) is 6.03. The van der Waals surface area contributed by atoms with E-state index in [0.29, 0.717) is 11.6 Å². The molecule has 0 radical (unpaired) electrons. The second-order valence-electron chi connectivity index (χ2n) is 6.25. The van der Waals surface area contributed by atoms with Crippen molar-refractivity contribution in [3.63, 3.8) is 0 Å². The predicted molar refractivity (Wildman–Crippen MR) is 110 cm³/mol. The van der Waals surface area contributed by atoms with Crippen LogP contribution in [0.1, 0.15) is 44.5 Å². The average molecular weight is 437 g/mol. The standard InChI is InChI=1S/C20H23BrClN3O/c1-3-5-6-11-26-15-8-7-14(16(22)12-15)13-25-19(4-2)23-17-9-10-18(21)24-20(17)25/h7-10,12H,3-6,11,13H2,1-2H3. The number of hydrogen-bond donors (Lipinski definition) is 0. The van der Waals surface area contributed by atoms with Gasteiger partial charge >= 0.3 is 0 Å². The Morgan fingerprint density at radius 3 is 2.69 bits per heavy atom. The van der Waals surface area contributed by atoms with Crippen LogP contribution in [0.2, 0.25) is 5.02 Å². The number of aromatic nitrogens is 3. The first-order valence-corrected chi connectivity index (χ1v) is 10.2. The lowest BCUT2D eigenvalue weighted by atomic mass is 10.2. The molecule has 0 unspecified atom stereocenters. The first-order valence-electron chi connectivity index (χ1n) is 9.05. The lowest BCUT2D eigenvalue weighted by Gasteiger charge is -2.12. The molecule has 0 aliphatic heterocycles. The van der Waals surface area contributed by atoms with Crippen molar-refractivity contribution < 1.29 is 4.74 Å². The summed E-state index contributed by atoms with van der Waals surface area (Å²) in [4.78, 5) is 9.28. The molecule has 6 heteroatoms. The molecule has 3 aromatic rings. The summed E-state index contributed by atoms with van der Waals surface area (Å²) in [6.07, 6.45) is 4.27. The monoisotopic (exact) mass is 435 g/mol. The molecule has 4 nitrogen and oxygen atoms in total. The highest BCUT2D eigenvalue weighted by Crippen LogP contribution is 2.26. The van der Waals surface area contributed by atoms with Crippen LogP contribution in [0.4, 0.5) is 0 Å². The van der Waals surface area contributed by atoms with Crippen molar-refractivity contribution in [2.45, 2.75) is 46.1 Å². The molecule has 1 aromatic carbocycles. The fourth-order valence-electron chi connectivity index (χ4n) is 2.92. The number of imidazole rings is 1. The van der Waals surface area contributed by atoms with Gasteiger partial charge in [-0.1, -0.05) is 44.4 Å². The molecule has 2 aromatic heterocycles. The van der Waals surface area contributed by atoms with Crippen LogP contribution in [-0.2, 0) is 13.0 Å². The normalized spacial score (nSPS) is 11.2. The first kappa shape index (κ1) is 19.2. The second kappa shape index (κ2) is 8.87. The van der Waals surface area contributed by atoms with E-state index in [2.05, 4.69) is 44.3 Å². The highest BCUT2D eigenvalue weighted by molar-refractivity contribution is 9.10. The van der Waals surface area contributed by atoms with Gasteiger partial charge in [-0.15, -0.1) is 0 Å². The number of rotatable bonds is 8. The van der Waals surface area contributed by atoms with Crippen molar-refractivity contribution in [1.82, 2.24) is 14.5 Å². The summed E-state index contributed by atoms with van der Waals surface area (Å²) in [5.74, 6) is 1.82. The number of unbranched alkanes of at least 4 members (excludes halogenated alkanes) is 2. The molecule has 0 amide bonds. The van der Waals surface area contributed by atoms with Crippen LogP contribution in [0.25, 0.3) is 11.2 Å². The van der Waals surface area contributed by atoms with Gasteiger partial charge in [-0.2, -0.15) is 0 Å². The van der Waals surface area contributed by atoms with Crippen LogP contribution in [0.3, 0.4) is 0 Å². The minimum atomic E-state index is 0.637. The van der Waals surface area contributed by atoms with Crippen LogP contribution in [0.15, 0.2) is 34.9 Å². The number of aryl methyl sites for hydroxylation is 1. The molecule has 26 heavy (non-hydrogen) atoms. The molecule has 0 N–H and O–H groups in total. The van der Waals surface area contributed by atoms with Gasteiger partial charge in [-0.05, 0) is 52.2 Å². The summed E-state index contributed by atoms with van der Waals surface area (Å²) in [6.45, 7) is 5.65. The molecule has 0 saturated carbocycles. The van der Waals surface area contributed by atoms with Crippen LogP contribution in [0, 0.1) is 0 Å². The molecular formula is C20H23BrClN3O. The Bertz CT molecular complexity index is 894. The lowest BCUT2D eigenvalue weighted by molar-refractivity contribution is 0.306. The molecule has 0 fully saturated rings. The maximum Gasteiger partial charge on any atom is 0.161 e. The third-order valence-corrected chi connectivity index (χ3v) is 5.12. The zero-order valence-electron chi connectivity index (χ0n) is 15.1. The quantitative estimate of drug-likeness (QED) is 0.320. The molecule has 0 aliphatic rings. The van der Waals surface area contributed by atoms with Gasteiger partial charge in [0.15, 0.2) is 5.65 Å². The molecule has 0 atom stereocenters. The smallest absolute Gasteiger partial charge is 0.161 e. The number of hydrogen-bond acceptors (Lipinski definition) is 3. The van der Waals surface area contributed by atoms with Crippen LogP contribution >= 0.6 is 27.5 Å². The van der Waals surface area contributed by atoms with Crippen LogP contribution < -0.4 is 4.74 Å². The zero-order chi connectivity index (χ0) is 18.5. The Hall–Kier alpha value is -1.59. The minimum Gasteiger partial charge on any atom is -0.494 e. The maximum atomic E-state index is 6.52. The Kier molecular flexibility index (Phi) is 6.54. The molecule has 0 aliphatic carbocycles. The van der Waals surface area contributed by atoms with E-state index in [9.17, 15) is 0 Å². The largest absolute Gasteiger partial charge is 0.494 e. The van der Waals surface area contributed by atoms with Crippen molar-refractivity contribution >= 4 is 38.7 Å². The Morgan fingerprint density at radius 2 is 1.96 bits per heavy atom. The molecular weight excluding hydrogens is 414 g/mol. The van der Waals surface area contributed by atoms with Gasteiger partial charge in [0, 0.05) is 11.4 Å². The average Bonchev–Trinajstić information content (AvgIpc) is 2.98. The van der Waals surface area contributed by atoms with E-state index in [-0.39, 0.29) is 0 Å². The Morgan fingerprint density at radius 1 is 1.12 bits per heavy atom. The van der Waals surface area contributed by atoms with E-state index < -0.39 is 0 Å². The fourth-order valence-corrected chi connectivity index (χ4v) is 3.45. The summed E-state index contributed by atoms with van der Waals surface area (Å²) in [5.41, 5.74) is 2.80. The van der Waals surface area contributed by atoms with Gasteiger partial charge < -0.3 is 9.30 Å². The van der Waals surface area contributed by atoms with E-state index in [1.165, 1.54) is 12.8 Å². The summed E-state index contributed by atoms with van der Waals surface area (Å²) >= 11 is 9.97. The van der Waals surface area contributed by atoms with Gasteiger partial charge in [-0.25, -0.2) is 9.97 Å². The summed E-state index contributed by atoms with van der Waals surface area (Å²) in [7, 11) is 0. The van der Waals surface area contributed by atoms with E-state index in [1.807, 2.05) is 30.3 Å². The Labute approximate surface area is 167 Å². The van der Waals surface area contributed by atoms with Gasteiger partial charge in [-0.3, -0.25) is 0 Å². The topological polar surface area (TPSA) is 39.9 Å². The number of pyridine rings is 1. The van der Waals surface area contributed by atoms with E-state index in [4.69, 9.17) is 16.3 Å². The Balaban J connectivity index is 1.82. The fraction of sp³-hybridized carbons (Fsp3) is 0.400. The van der Waals surface area contributed by atoms with Crippen molar-refractivity contribution in [3.8, 4) is 5.75 Å². The van der Waals surface area contributed by atoms with E-state index >= 15 is 0 Å². The second-order valence-corrected chi connectivity index (χ2v) is 7.47. The molecule has 138 valence electrons. The summed E-state index contributed by atoms with van der Waals surface area (Å²) < 4.78 is 8.72. The third-order valence-electron chi connectivity index (χ3n) is 4.32. The number of nitrogens with zero attached hydrogens (tertiary/aromatic N) is 3. The zero-order valence-corrected chi connectivity index (χ0v) is 17.5. The summed E-state index contributed by atoms with van der Waals surface area (Å²) in [6, 6.07) is 9.81.